The first-order valence-corrected chi connectivity index (χ1v) is 13.1. The van der Waals surface area contributed by atoms with Crippen LogP contribution in [0.4, 0.5) is 0 Å². The Morgan fingerprint density at radius 2 is 1.76 bits per heavy atom. The number of ketones is 1. The van der Waals surface area contributed by atoms with Crippen LogP contribution in [-0.2, 0) is 9.59 Å². The van der Waals surface area contributed by atoms with Crippen LogP contribution in [0.15, 0.2) is 42.0 Å². The first kappa shape index (κ1) is 29.0. The zero-order valence-corrected chi connectivity index (χ0v) is 23.5. The summed E-state index contributed by atoms with van der Waals surface area (Å²) in [6.07, 6.45) is 0.672. The summed E-state index contributed by atoms with van der Waals surface area (Å²) in [6, 6.07) is 9.86. The number of nitrogens with zero attached hydrogens (tertiary/aromatic N) is 2. The predicted octanol–water partition coefficient (Wildman–Crippen LogP) is 4.81. The molecule has 1 heterocycles. The topological polar surface area (TPSA) is 88.5 Å². The molecule has 206 valence electrons. The molecule has 3 rings (SSSR count). The third kappa shape index (κ3) is 6.48. The molecule has 2 aromatic carbocycles. The molecule has 0 unspecified atom stereocenters. The molecule has 1 fully saturated rings. The van der Waals surface area contributed by atoms with Crippen LogP contribution in [-0.4, -0.2) is 74.1 Å². The Labute approximate surface area is 225 Å². The molecule has 0 bridgehead atoms. The van der Waals surface area contributed by atoms with Gasteiger partial charge < -0.3 is 29.1 Å². The van der Waals surface area contributed by atoms with E-state index < -0.39 is 17.7 Å². The highest BCUT2D eigenvalue weighted by Crippen LogP contribution is 2.42. The van der Waals surface area contributed by atoms with Gasteiger partial charge in [0.25, 0.3) is 11.7 Å². The lowest BCUT2D eigenvalue weighted by Crippen LogP contribution is -2.32. The maximum absolute atomic E-state index is 13.4. The van der Waals surface area contributed by atoms with Gasteiger partial charge in [-0.2, -0.15) is 0 Å². The highest BCUT2D eigenvalue weighted by atomic mass is 16.5. The van der Waals surface area contributed by atoms with Crippen molar-refractivity contribution < 1.29 is 28.9 Å². The number of carbonyl (C=O) groups is 2. The lowest BCUT2D eigenvalue weighted by Gasteiger charge is -2.26. The SMILES string of the molecule is CCOc1ccc([C@H]2/C(=C(\O)c3ccc(OCC(C)C)c(C)c3)C(=O)C(=O)N2CCCN(C)C)cc1OC. The molecule has 0 saturated carbocycles. The molecule has 0 spiro atoms. The number of methoxy groups -OCH3 is 1. The molecule has 1 N–H and O–H groups in total. The molecule has 1 aliphatic heterocycles. The van der Waals surface area contributed by atoms with Crippen LogP contribution in [0.5, 0.6) is 17.2 Å². The first-order valence-electron chi connectivity index (χ1n) is 13.1. The zero-order valence-electron chi connectivity index (χ0n) is 23.5. The van der Waals surface area contributed by atoms with Crippen molar-refractivity contribution in [3.63, 3.8) is 0 Å². The average molecular weight is 525 g/mol. The third-order valence-corrected chi connectivity index (χ3v) is 6.37. The molecule has 1 saturated heterocycles. The summed E-state index contributed by atoms with van der Waals surface area (Å²) >= 11 is 0. The molecule has 8 nitrogen and oxygen atoms in total. The van der Waals surface area contributed by atoms with Gasteiger partial charge in [0.05, 0.1) is 31.9 Å². The molecule has 0 radical (unpaired) electrons. The lowest BCUT2D eigenvalue weighted by atomic mass is 9.94. The zero-order chi connectivity index (χ0) is 28.0. The Balaban J connectivity index is 2.10. The number of hydrogen-bond acceptors (Lipinski definition) is 7. The summed E-state index contributed by atoms with van der Waals surface area (Å²) in [5.74, 6) is 0.598. The molecular weight excluding hydrogens is 484 g/mol. The van der Waals surface area contributed by atoms with Crippen LogP contribution in [0.1, 0.15) is 49.9 Å². The number of hydrogen-bond donors (Lipinski definition) is 1. The van der Waals surface area contributed by atoms with Gasteiger partial charge in [-0.15, -0.1) is 0 Å². The number of likely N-dealkylation sites (tertiary alicyclic amines) is 1. The van der Waals surface area contributed by atoms with Gasteiger partial charge in [0.1, 0.15) is 11.5 Å². The van der Waals surface area contributed by atoms with Crippen molar-refractivity contribution in [1.82, 2.24) is 9.80 Å². The predicted molar refractivity (Wildman–Crippen MR) is 148 cm³/mol. The Morgan fingerprint density at radius 3 is 2.37 bits per heavy atom. The summed E-state index contributed by atoms with van der Waals surface area (Å²) in [6.45, 7) is 10.1. The fourth-order valence-corrected chi connectivity index (χ4v) is 4.51. The van der Waals surface area contributed by atoms with E-state index in [1.54, 1.807) is 42.3 Å². The lowest BCUT2D eigenvalue weighted by molar-refractivity contribution is -0.139. The van der Waals surface area contributed by atoms with Crippen molar-refractivity contribution in [2.45, 2.75) is 40.2 Å². The second kappa shape index (κ2) is 12.8. The quantitative estimate of drug-likeness (QED) is 0.242. The van der Waals surface area contributed by atoms with Gasteiger partial charge in [-0.3, -0.25) is 9.59 Å². The van der Waals surface area contributed by atoms with Gasteiger partial charge >= 0.3 is 0 Å². The second-order valence-corrected chi connectivity index (χ2v) is 10.2. The van der Waals surface area contributed by atoms with Gasteiger partial charge in [-0.05, 0) is 88.3 Å². The monoisotopic (exact) mass is 524 g/mol. The summed E-state index contributed by atoms with van der Waals surface area (Å²) in [4.78, 5) is 30.2. The molecular formula is C30H40N2O6. The van der Waals surface area contributed by atoms with Gasteiger partial charge in [-0.25, -0.2) is 0 Å². The number of rotatable bonds is 12. The van der Waals surface area contributed by atoms with Crippen molar-refractivity contribution in [3.05, 3.63) is 58.7 Å². The molecule has 1 amide bonds. The number of amides is 1. The van der Waals surface area contributed by atoms with Crippen LogP contribution in [0.3, 0.4) is 0 Å². The molecule has 2 aromatic rings. The minimum atomic E-state index is -0.765. The summed E-state index contributed by atoms with van der Waals surface area (Å²) in [7, 11) is 5.46. The Bertz CT molecular complexity index is 1190. The molecule has 8 heteroatoms. The van der Waals surface area contributed by atoms with E-state index in [0.29, 0.717) is 60.5 Å². The molecule has 1 aliphatic rings. The van der Waals surface area contributed by atoms with E-state index in [-0.39, 0.29) is 11.3 Å². The fourth-order valence-electron chi connectivity index (χ4n) is 4.51. The van der Waals surface area contributed by atoms with Gasteiger partial charge in [-0.1, -0.05) is 19.9 Å². The van der Waals surface area contributed by atoms with E-state index in [1.165, 1.54) is 0 Å². The number of ether oxygens (including phenoxy) is 3. The largest absolute Gasteiger partial charge is 0.507 e. The van der Waals surface area contributed by atoms with Crippen LogP contribution in [0.25, 0.3) is 5.76 Å². The Morgan fingerprint density at radius 1 is 1.05 bits per heavy atom. The van der Waals surface area contributed by atoms with E-state index in [2.05, 4.69) is 13.8 Å². The van der Waals surface area contributed by atoms with Crippen LogP contribution < -0.4 is 14.2 Å². The van der Waals surface area contributed by atoms with Gasteiger partial charge in [0, 0.05) is 12.1 Å². The van der Waals surface area contributed by atoms with Crippen molar-refractivity contribution in [2.24, 2.45) is 5.92 Å². The van der Waals surface area contributed by atoms with Gasteiger partial charge in [0.2, 0.25) is 0 Å². The highest BCUT2D eigenvalue weighted by Gasteiger charge is 2.46. The number of Topliss-reactive ketones (excluding diaryl/α,β-unsaturated/α-hetero) is 1. The minimum Gasteiger partial charge on any atom is -0.507 e. The number of carbonyl (C=O) groups excluding carboxylic acids is 2. The Hall–Kier alpha value is -3.52. The highest BCUT2D eigenvalue weighted by molar-refractivity contribution is 6.46. The molecule has 0 aromatic heterocycles. The number of aliphatic hydroxyl groups excluding tert-OH is 1. The van der Waals surface area contributed by atoms with E-state index >= 15 is 0 Å². The minimum absolute atomic E-state index is 0.0568. The Kier molecular flexibility index (Phi) is 9.80. The maximum atomic E-state index is 13.4. The second-order valence-electron chi connectivity index (χ2n) is 10.2. The van der Waals surface area contributed by atoms with Gasteiger partial charge in [0.15, 0.2) is 11.5 Å². The average Bonchev–Trinajstić information content (AvgIpc) is 3.12. The van der Waals surface area contributed by atoms with Crippen LogP contribution in [0, 0.1) is 12.8 Å². The third-order valence-electron chi connectivity index (χ3n) is 6.37. The number of benzene rings is 2. The maximum Gasteiger partial charge on any atom is 0.295 e. The smallest absolute Gasteiger partial charge is 0.295 e. The summed E-state index contributed by atoms with van der Waals surface area (Å²) < 4.78 is 17.1. The normalized spacial score (nSPS) is 17.0. The molecule has 1 atom stereocenters. The van der Waals surface area contributed by atoms with Crippen LogP contribution in [0.2, 0.25) is 0 Å². The van der Waals surface area contributed by atoms with Crippen LogP contribution >= 0.6 is 0 Å². The van der Waals surface area contributed by atoms with E-state index in [0.717, 1.165) is 12.1 Å². The first-order chi connectivity index (χ1) is 18.1. The number of aryl methyl sites for hydroxylation is 1. The van der Waals surface area contributed by atoms with Crippen molar-refractivity contribution in [1.29, 1.82) is 0 Å². The van der Waals surface area contributed by atoms with E-state index in [9.17, 15) is 14.7 Å². The van der Waals surface area contributed by atoms with Crippen molar-refractivity contribution in [2.75, 3.05) is 47.5 Å². The van der Waals surface area contributed by atoms with Crippen molar-refractivity contribution in [3.8, 4) is 17.2 Å². The van der Waals surface area contributed by atoms with E-state index in [1.807, 2.05) is 38.9 Å². The van der Waals surface area contributed by atoms with Crippen molar-refractivity contribution >= 4 is 17.4 Å². The fraction of sp³-hybridized carbons (Fsp3) is 0.467. The summed E-state index contributed by atoms with van der Waals surface area (Å²) in [5.41, 5.74) is 1.99. The summed E-state index contributed by atoms with van der Waals surface area (Å²) in [5, 5.41) is 11.4. The van der Waals surface area contributed by atoms with E-state index in [4.69, 9.17) is 14.2 Å². The number of aliphatic hydroxyl groups is 1. The molecule has 38 heavy (non-hydrogen) atoms. The molecule has 0 aliphatic carbocycles. The standard InChI is InChI=1S/C30H40N2O6/c1-8-37-24-13-10-21(17-25(24)36-7)27-26(29(34)30(35)32(27)15-9-14-31(5)6)28(33)22-11-12-23(20(4)16-22)38-18-19(2)3/h10-13,16-17,19,27,33H,8-9,14-15,18H2,1-7H3/b28-26+/t27-/m0/s1.